The van der Waals surface area contributed by atoms with Crippen LogP contribution in [-0.2, 0) is 0 Å². The molecule has 0 spiro atoms. The quantitative estimate of drug-likeness (QED) is 0.817. The zero-order valence-corrected chi connectivity index (χ0v) is 12.2. The van der Waals surface area contributed by atoms with Crippen molar-refractivity contribution in [3.63, 3.8) is 0 Å². The maximum atomic E-state index is 5.86. The van der Waals surface area contributed by atoms with Gasteiger partial charge in [-0.2, -0.15) is 4.37 Å². The molecule has 1 aromatic rings. The summed E-state index contributed by atoms with van der Waals surface area (Å²) in [5, 5.41) is 4.84. The molecule has 2 atom stereocenters. The first kappa shape index (κ1) is 13.0. The van der Waals surface area contributed by atoms with Crippen LogP contribution < -0.4 is 11.1 Å². The maximum absolute atomic E-state index is 5.86. The fourth-order valence-corrected chi connectivity index (χ4v) is 4.23. The maximum Gasteiger partial charge on any atom is 0.153 e. The Morgan fingerprint density at radius 3 is 2.94 bits per heavy atom. The van der Waals surface area contributed by atoms with Crippen LogP contribution in [0, 0.1) is 5.92 Å². The van der Waals surface area contributed by atoms with Gasteiger partial charge in [-0.1, -0.05) is 26.2 Å². The van der Waals surface area contributed by atoms with Gasteiger partial charge in [0.25, 0.3) is 0 Å². The summed E-state index contributed by atoms with van der Waals surface area (Å²) < 4.78 is 4.24. The van der Waals surface area contributed by atoms with E-state index in [9.17, 15) is 0 Å². The first-order valence-corrected chi connectivity index (χ1v) is 8.31. The summed E-state index contributed by atoms with van der Waals surface area (Å²) in [7, 11) is 0. The summed E-state index contributed by atoms with van der Waals surface area (Å²) >= 11 is 3.19. The molecule has 0 radical (unpaired) electrons. The first-order chi connectivity index (χ1) is 8.26. The molecule has 1 aromatic heterocycles. The van der Waals surface area contributed by atoms with Gasteiger partial charge in [-0.3, -0.25) is 0 Å². The Kier molecular flexibility index (Phi) is 4.56. The first-order valence-electron chi connectivity index (χ1n) is 6.32. The van der Waals surface area contributed by atoms with Crippen LogP contribution >= 0.6 is 23.3 Å². The molecule has 0 aliphatic heterocycles. The molecule has 17 heavy (non-hydrogen) atoms. The van der Waals surface area contributed by atoms with Crippen LogP contribution in [0.15, 0.2) is 4.90 Å². The molecule has 1 saturated carbocycles. The average molecular weight is 271 g/mol. The van der Waals surface area contributed by atoms with E-state index in [1.807, 2.05) is 0 Å². The second-order valence-electron chi connectivity index (χ2n) is 4.63. The van der Waals surface area contributed by atoms with Crippen molar-refractivity contribution in [3.8, 4) is 0 Å². The summed E-state index contributed by atoms with van der Waals surface area (Å²) in [6, 6.07) is 0.611. The van der Waals surface area contributed by atoms with E-state index in [0.717, 1.165) is 10.8 Å². The normalized spacial score (nSPS) is 24.8. The Bertz CT molecular complexity index is 365. The minimum Gasteiger partial charge on any atom is -0.382 e. The van der Waals surface area contributed by atoms with Crippen molar-refractivity contribution in [2.24, 2.45) is 5.92 Å². The van der Waals surface area contributed by atoms with E-state index >= 15 is 0 Å². The Balaban J connectivity index is 2.08. The molecule has 0 amide bonds. The predicted octanol–water partition coefficient (Wildman–Crippen LogP) is 3.83. The van der Waals surface area contributed by atoms with E-state index in [1.54, 1.807) is 11.8 Å². The van der Waals surface area contributed by atoms with Gasteiger partial charge in [0, 0.05) is 6.04 Å². The minimum atomic E-state index is 0.611. The van der Waals surface area contributed by atoms with Gasteiger partial charge in [-0.25, -0.2) is 0 Å². The van der Waals surface area contributed by atoms with Gasteiger partial charge in [-0.05, 0) is 36.5 Å². The molecule has 3 N–H and O–H groups in total. The Labute approximate surface area is 112 Å². The van der Waals surface area contributed by atoms with Crippen LogP contribution in [0.5, 0.6) is 0 Å². The monoisotopic (exact) mass is 271 g/mol. The highest BCUT2D eigenvalue weighted by Crippen LogP contribution is 2.37. The largest absolute Gasteiger partial charge is 0.382 e. The summed E-state index contributed by atoms with van der Waals surface area (Å²) in [6.45, 7) is 2.29. The van der Waals surface area contributed by atoms with Crippen LogP contribution in [0.25, 0.3) is 0 Å². The van der Waals surface area contributed by atoms with E-state index in [2.05, 4.69) is 22.9 Å². The molecule has 96 valence electrons. The van der Waals surface area contributed by atoms with Crippen LogP contribution in [-0.4, -0.2) is 16.7 Å². The number of nitrogens with two attached hydrogens (primary N) is 1. The van der Waals surface area contributed by atoms with Crippen molar-refractivity contribution in [2.75, 3.05) is 17.3 Å². The number of nitrogens with one attached hydrogen (secondary N) is 1. The van der Waals surface area contributed by atoms with Gasteiger partial charge in [0.05, 0.1) is 4.90 Å². The second-order valence-corrected chi connectivity index (χ2v) is 6.22. The summed E-state index contributed by atoms with van der Waals surface area (Å²) in [4.78, 5) is 1.12. The Morgan fingerprint density at radius 2 is 2.24 bits per heavy atom. The lowest BCUT2D eigenvalue weighted by molar-refractivity contribution is 0.317. The van der Waals surface area contributed by atoms with Gasteiger partial charge in [0.2, 0.25) is 0 Å². The third kappa shape index (κ3) is 2.88. The molecule has 1 fully saturated rings. The summed E-state index contributed by atoms with van der Waals surface area (Å²) in [5.41, 5.74) is 5.86. The van der Waals surface area contributed by atoms with Gasteiger partial charge < -0.3 is 11.1 Å². The number of aromatic nitrogens is 1. The molecule has 1 heterocycles. The highest BCUT2D eigenvalue weighted by molar-refractivity contribution is 7.99. The smallest absolute Gasteiger partial charge is 0.153 e. The Hall–Kier alpha value is -0.420. The minimum absolute atomic E-state index is 0.611. The lowest BCUT2D eigenvalue weighted by Crippen LogP contribution is -2.31. The van der Waals surface area contributed by atoms with Crippen molar-refractivity contribution < 1.29 is 0 Å². The van der Waals surface area contributed by atoms with Crippen molar-refractivity contribution in [1.29, 1.82) is 0 Å². The number of rotatable bonds is 4. The number of hydrogen-bond acceptors (Lipinski definition) is 5. The van der Waals surface area contributed by atoms with E-state index in [1.165, 1.54) is 48.6 Å². The molecule has 3 nitrogen and oxygen atoms in total. The summed E-state index contributed by atoms with van der Waals surface area (Å²) in [6.07, 6.45) is 8.69. The Morgan fingerprint density at radius 1 is 1.47 bits per heavy atom. The highest BCUT2D eigenvalue weighted by Gasteiger charge is 2.25. The molecule has 2 rings (SSSR count). The predicted molar refractivity (Wildman–Crippen MR) is 78.0 cm³/mol. The number of nitrogen functional groups attached to an aromatic ring is 1. The topological polar surface area (TPSA) is 50.9 Å². The van der Waals surface area contributed by atoms with Crippen LogP contribution in [0.1, 0.15) is 39.0 Å². The number of anilines is 2. The van der Waals surface area contributed by atoms with Crippen molar-refractivity contribution in [1.82, 2.24) is 4.37 Å². The zero-order valence-electron chi connectivity index (χ0n) is 10.5. The second kappa shape index (κ2) is 5.96. The highest BCUT2D eigenvalue weighted by atomic mass is 32.2. The standard InChI is InChI=1S/C12H21N3S2/c1-3-8-6-4-5-7-9(8)14-12-10(16-2)11(13)15-17-12/h8-9,14H,3-7H2,1-2H3,(H2,13,15). The molecule has 0 bridgehead atoms. The van der Waals surface area contributed by atoms with E-state index in [-0.39, 0.29) is 0 Å². The van der Waals surface area contributed by atoms with Crippen LogP contribution in [0.3, 0.4) is 0 Å². The number of nitrogens with zero attached hydrogens (tertiary/aromatic N) is 1. The van der Waals surface area contributed by atoms with Gasteiger partial charge in [0.1, 0.15) is 5.00 Å². The molecule has 2 unspecified atom stereocenters. The SMILES string of the molecule is CCC1CCCCC1Nc1snc(N)c1SC. The van der Waals surface area contributed by atoms with E-state index in [4.69, 9.17) is 5.73 Å². The average Bonchev–Trinajstić information content (AvgIpc) is 2.70. The molecular formula is C12H21N3S2. The molecule has 0 aromatic carbocycles. The molecule has 1 aliphatic carbocycles. The van der Waals surface area contributed by atoms with Gasteiger partial charge in [-0.15, -0.1) is 11.8 Å². The van der Waals surface area contributed by atoms with Crippen molar-refractivity contribution >= 4 is 34.1 Å². The molecule has 1 aliphatic rings. The third-order valence-electron chi connectivity index (χ3n) is 3.63. The van der Waals surface area contributed by atoms with Gasteiger partial charge in [0.15, 0.2) is 5.82 Å². The fourth-order valence-electron chi connectivity index (χ4n) is 2.64. The summed E-state index contributed by atoms with van der Waals surface area (Å²) in [5.74, 6) is 1.48. The third-order valence-corrected chi connectivity index (χ3v) is 5.37. The lowest BCUT2D eigenvalue weighted by Gasteiger charge is -2.31. The van der Waals surface area contributed by atoms with E-state index in [0.29, 0.717) is 11.9 Å². The number of thioether (sulfide) groups is 1. The van der Waals surface area contributed by atoms with Crippen LogP contribution in [0.4, 0.5) is 10.8 Å². The van der Waals surface area contributed by atoms with E-state index < -0.39 is 0 Å². The zero-order chi connectivity index (χ0) is 12.3. The molecule has 0 saturated heterocycles. The lowest BCUT2D eigenvalue weighted by atomic mass is 9.83. The fraction of sp³-hybridized carbons (Fsp3) is 0.750. The molecular weight excluding hydrogens is 250 g/mol. The number of hydrogen-bond donors (Lipinski definition) is 2. The van der Waals surface area contributed by atoms with Crippen molar-refractivity contribution in [2.45, 2.75) is 50.0 Å². The molecule has 5 heteroatoms. The van der Waals surface area contributed by atoms with Crippen molar-refractivity contribution in [3.05, 3.63) is 0 Å². The van der Waals surface area contributed by atoms with Crippen LogP contribution in [0.2, 0.25) is 0 Å². The van der Waals surface area contributed by atoms with Gasteiger partial charge >= 0.3 is 0 Å².